The summed E-state index contributed by atoms with van der Waals surface area (Å²) in [5, 5.41) is 2.19. The Labute approximate surface area is 196 Å². The van der Waals surface area contributed by atoms with Gasteiger partial charge in [0.15, 0.2) is 0 Å². The number of fused-ring (bicyclic) bond motifs is 1. The predicted molar refractivity (Wildman–Crippen MR) is 122 cm³/mol. The number of nitrogens with zero attached hydrogens (tertiary/aromatic N) is 2. The van der Waals surface area contributed by atoms with Crippen LogP contribution in [0.5, 0.6) is 5.75 Å². The van der Waals surface area contributed by atoms with Crippen molar-refractivity contribution in [2.45, 2.75) is 26.3 Å². The fourth-order valence-corrected chi connectivity index (χ4v) is 3.94. The summed E-state index contributed by atoms with van der Waals surface area (Å²) < 4.78 is 5.40. The van der Waals surface area contributed by atoms with E-state index in [0.717, 1.165) is 16.2 Å². The van der Waals surface area contributed by atoms with Crippen molar-refractivity contribution in [2.24, 2.45) is 0 Å². The van der Waals surface area contributed by atoms with E-state index in [2.05, 4.69) is 5.32 Å². The lowest BCUT2D eigenvalue weighted by atomic mass is 10.0. The number of imide groups is 3. The van der Waals surface area contributed by atoms with Crippen LogP contribution in [0.3, 0.4) is 0 Å². The second-order valence-electron chi connectivity index (χ2n) is 7.94. The van der Waals surface area contributed by atoms with Gasteiger partial charge in [0, 0.05) is 12.1 Å². The maximum Gasteiger partial charge on any atom is 0.331 e. The zero-order chi connectivity index (χ0) is 24.4. The Balaban J connectivity index is 1.64. The number of amides is 6. The number of benzene rings is 2. The van der Waals surface area contributed by atoms with E-state index >= 15 is 0 Å². The van der Waals surface area contributed by atoms with Crippen molar-refractivity contribution in [1.29, 1.82) is 0 Å². The summed E-state index contributed by atoms with van der Waals surface area (Å²) >= 11 is 0. The number of urea groups is 1. The highest BCUT2D eigenvalue weighted by atomic mass is 16.5. The molecule has 2 aliphatic heterocycles. The molecule has 0 saturated carbocycles. The van der Waals surface area contributed by atoms with Crippen LogP contribution in [0.15, 0.2) is 48.0 Å². The van der Waals surface area contributed by atoms with Crippen LogP contribution in [-0.4, -0.2) is 53.1 Å². The Bertz CT molecular complexity index is 1210. The van der Waals surface area contributed by atoms with Gasteiger partial charge < -0.3 is 4.74 Å². The van der Waals surface area contributed by atoms with Crippen LogP contribution in [0.2, 0.25) is 0 Å². The molecule has 0 radical (unpaired) electrons. The maximum atomic E-state index is 12.8. The van der Waals surface area contributed by atoms with Crippen LogP contribution < -0.4 is 10.1 Å². The number of nitrogens with one attached hydrogen (secondary N) is 1. The third kappa shape index (κ3) is 4.07. The van der Waals surface area contributed by atoms with Gasteiger partial charge in [0.25, 0.3) is 23.6 Å². The van der Waals surface area contributed by atoms with Gasteiger partial charge in [-0.3, -0.25) is 34.3 Å². The average molecular weight is 461 g/mol. The van der Waals surface area contributed by atoms with Gasteiger partial charge in [-0.15, -0.1) is 0 Å². The standard InChI is InChI=1S/C25H23N3O6/c1-3-4-11-27-24(32)19(21(29)26-25(27)33)13-15-9-10-20(34-2)16(12-15)14-28-22(30)17-7-5-6-8-18(17)23(28)31/h5-10,12-13H,3-4,11,14H2,1-2H3,(H,26,29,33). The number of rotatable bonds is 7. The van der Waals surface area contributed by atoms with Gasteiger partial charge in [-0.25, -0.2) is 4.79 Å². The molecule has 2 heterocycles. The van der Waals surface area contributed by atoms with E-state index in [9.17, 15) is 24.0 Å². The highest BCUT2D eigenvalue weighted by Crippen LogP contribution is 2.29. The average Bonchev–Trinajstić information content (AvgIpc) is 3.07. The van der Waals surface area contributed by atoms with E-state index in [0.29, 0.717) is 34.4 Å². The van der Waals surface area contributed by atoms with Crippen molar-refractivity contribution < 1.29 is 28.7 Å². The van der Waals surface area contributed by atoms with Crippen LogP contribution in [0.1, 0.15) is 51.6 Å². The molecule has 0 unspecified atom stereocenters. The molecule has 6 amide bonds. The molecule has 2 aliphatic rings. The summed E-state index contributed by atoms with van der Waals surface area (Å²) in [6, 6.07) is 10.8. The normalized spacial score (nSPS) is 16.9. The Morgan fingerprint density at radius 1 is 0.912 bits per heavy atom. The number of methoxy groups -OCH3 is 1. The molecule has 1 N–H and O–H groups in total. The van der Waals surface area contributed by atoms with Gasteiger partial charge in [0.2, 0.25) is 0 Å². The highest BCUT2D eigenvalue weighted by molar-refractivity contribution is 6.31. The fraction of sp³-hybridized carbons (Fsp3) is 0.240. The third-order valence-corrected chi connectivity index (χ3v) is 5.74. The largest absolute Gasteiger partial charge is 0.496 e. The summed E-state index contributed by atoms with van der Waals surface area (Å²) in [6.07, 6.45) is 2.78. The van der Waals surface area contributed by atoms with E-state index in [4.69, 9.17) is 4.74 Å². The number of unbranched alkanes of at least 4 members (excludes halogenated alkanes) is 1. The van der Waals surface area contributed by atoms with Crippen LogP contribution >= 0.6 is 0 Å². The Morgan fingerprint density at radius 2 is 1.59 bits per heavy atom. The van der Waals surface area contributed by atoms with Gasteiger partial charge >= 0.3 is 6.03 Å². The SMILES string of the molecule is CCCCN1C(=O)NC(=O)C(=Cc2ccc(OC)c(CN3C(=O)c4ccccc4C3=O)c2)C1=O. The van der Waals surface area contributed by atoms with Crippen molar-refractivity contribution in [3.63, 3.8) is 0 Å². The molecule has 0 atom stereocenters. The first-order chi connectivity index (χ1) is 16.3. The third-order valence-electron chi connectivity index (χ3n) is 5.74. The molecule has 0 aliphatic carbocycles. The number of carbonyl (C=O) groups is 5. The molecule has 0 aromatic heterocycles. The lowest BCUT2D eigenvalue weighted by Gasteiger charge is -2.26. The van der Waals surface area contributed by atoms with Crippen molar-refractivity contribution in [2.75, 3.05) is 13.7 Å². The second-order valence-corrected chi connectivity index (χ2v) is 7.94. The predicted octanol–water partition coefficient (Wildman–Crippen LogP) is 2.75. The number of hydrogen-bond donors (Lipinski definition) is 1. The summed E-state index contributed by atoms with van der Waals surface area (Å²) in [7, 11) is 1.47. The Morgan fingerprint density at radius 3 is 2.21 bits per heavy atom. The van der Waals surface area contributed by atoms with Gasteiger partial charge in [-0.1, -0.05) is 31.5 Å². The van der Waals surface area contributed by atoms with E-state index < -0.39 is 29.7 Å². The van der Waals surface area contributed by atoms with Crippen LogP contribution in [0, 0.1) is 0 Å². The summed E-state index contributed by atoms with van der Waals surface area (Å²) in [6.45, 7) is 2.09. The van der Waals surface area contributed by atoms with E-state index in [1.54, 1.807) is 42.5 Å². The molecule has 2 aromatic rings. The second kappa shape index (κ2) is 9.30. The lowest BCUT2D eigenvalue weighted by molar-refractivity contribution is -0.130. The topological polar surface area (TPSA) is 113 Å². The Kier molecular flexibility index (Phi) is 6.27. The molecule has 0 bridgehead atoms. The molecule has 0 spiro atoms. The van der Waals surface area contributed by atoms with Gasteiger partial charge in [0.1, 0.15) is 11.3 Å². The maximum absolute atomic E-state index is 12.8. The zero-order valence-corrected chi connectivity index (χ0v) is 18.8. The molecule has 2 aromatic carbocycles. The number of barbiturate groups is 1. The number of hydrogen-bond acceptors (Lipinski definition) is 6. The van der Waals surface area contributed by atoms with E-state index in [1.807, 2.05) is 6.92 Å². The molecular weight excluding hydrogens is 438 g/mol. The minimum atomic E-state index is -0.777. The minimum Gasteiger partial charge on any atom is -0.496 e. The Hall–Kier alpha value is -4.27. The molecule has 9 heteroatoms. The van der Waals surface area contributed by atoms with E-state index in [1.165, 1.54) is 13.2 Å². The van der Waals surface area contributed by atoms with Gasteiger partial charge in [0.05, 0.1) is 24.8 Å². The zero-order valence-electron chi connectivity index (χ0n) is 18.8. The summed E-state index contributed by atoms with van der Waals surface area (Å²) in [5.41, 5.74) is 1.51. The van der Waals surface area contributed by atoms with Crippen molar-refractivity contribution in [3.05, 3.63) is 70.3 Å². The molecule has 4 rings (SSSR count). The smallest absolute Gasteiger partial charge is 0.331 e. The number of ether oxygens (including phenoxy) is 1. The van der Waals surface area contributed by atoms with E-state index in [-0.39, 0.29) is 18.7 Å². The first-order valence-electron chi connectivity index (χ1n) is 10.9. The summed E-state index contributed by atoms with van der Waals surface area (Å²) in [4.78, 5) is 64.9. The molecule has 9 nitrogen and oxygen atoms in total. The van der Waals surface area contributed by atoms with Crippen LogP contribution in [0.4, 0.5) is 4.79 Å². The molecule has 1 saturated heterocycles. The summed E-state index contributed by atoms with van der Waals surface area (Å²) in [5.74, 6) is -1.81. The monoisotopic (exact) mass is 461 g/mol. The molecular formula is C25H23N3O6. The molecule has 34 heavy (non-hydrogen) atoms. The van der Waals surface area contributed by atoms with Crippen LogP contribution in [-0.2, 0) is 16.1 Å². The lowest BCUT2D eigenvalue weighted by Crippen LogP contribution is -2.54. The first kappa shape index (κ1) is 22.9. The molecule has 174 valence electrons. The van der Waals surface area contributed by atoms with Crippen molar-refractivity contribution >= 4 is 35.7 Å². The fourth-order valence-electron chi connectivity index (χ4n) is 3.94. The highest BCUT2D eigenvalue weighted by Gasteiger charge is 2.36. The van der Waals surface area contributed by atoms with Crippen molar-refractivity contribution in [3.8, 4) is 5.75 Å². The molecule has 1 fully saturated rings. The van der Waals surface area contributed by atoms with Gasteiger partial charge in [-0.2, -0.15) is 0 Å². The van der Waals surface area contributed by atoms with Crippen LogP contribution in [0.25, 0.3) is 6.08 Å². The quantitative estimate of drug-likeness (QED) is 0.385. The number of carbonyl (C=O) groups excluding carboxylic acids is 5. The van der Waals surface area contributed by atoms with Gasteiger partial charge in [-0.05, 0) is 42.3 Å². The minimum absolute atomic E-state index is 0.0478. The van der Waals surface area contributed by atoms with Crippen molar-refractivity contribution in [1.82, 2.24) is 15.1 Å². The first-order valence-corrected chi connectivity index (χ1v) is 10.9.